The number of morpholine rings is 1. The number of hydrogen-bond donors (Lipinski definition) is 0. The molecule has 1 aromatic carbocycles. The molecule has 2 aromatic rings. The lowest BCUT2D eigenvalue weighted by Crippen LogP contribution is -2.42. The topological polar surface area (TPSA) is 55.6 Å². The molecule has 0 spiro atoms. The van der Waals surface area contributed by atoms with Gasteiger partial charge < -0.3 is 14.2 Å². The van der Waals surface area contributed by atoms with E-state index in [9.17, 15) is 4.79 Å². The molecule has 0 radical (unpaired) electrons. The maximum absolute atomic E-state index is 12.6. The van der Waals surface area contributed by atoms with E-state index in [1.54, 1.807) is 11.0 Å². The van der Waals surface area contributed by atoms with Crippen molar-refractivity contribution in [3.63, 3.8) is 0 Å². The van der Waals surface area contributed by atoms with Gasteiger partial charge in [-0.25, -0.2) is 0 Å². The zero-order valence-electron chi connectivity index (χ0n) is 12.6. The van der Waals surface area contributed by atoms with Gasteiger partial charge in [-0.3, -0.25) is 4.79 Å². The summed E-state index contributed by atoms with van der Waals surface area (Å²) in [6.07, 6.45) is 2.16. The SMILES string of the molecule is O=C(c1cc(C2CC2)on1)N1CCO[C@H](c2ccc(Br)cc2)C1. The largest absolute Gasteiger partial charge is 0.370 e. The third kappa shape index (κ3) is 3.19. The first kappa shape index (κ1) is 14.9. The number of ether oxygens (including phenoxy) is 1. The van der Waals surface area contributed by atoms with Crippen molar-refractivity contribution in [2.45, 2.75) is 24.9 Å². The summed E-state index contributed by atoms with van der Waals surface area (Å²) in [4.78, 5) is 14.4. The van der Waals surface area contributed by atoms with E-state index in [1.165, 1.54) is 0 Å². The second-order valence-corrected chi connectivity index (χ2v) is 6.97. The number of hydrogen-bond acceptors (Lipinski definition) is 4. The van der Waals surface area contributed by atoms with Crippen LogP contribution in [0.15, 0.2) is 39.3 Å². The predicted octanol–water partition coefficient (Wildman–Crippen LogP) is 3.53. The fourth-order valence-corrected chi connectivity index (χ4v) is 3.09. The molecule has 4 rings (SSSR count). The normalized spacial score (nSPS) is 21.4. The van der Waals surface area contributed by atoms with E-state index >= 15 is 0 Å². The van der Waals surface area contributed by atoms with Crippen molar-refractivity contribution in [3.05, 3.63) is 51.8 Å². The summed E-state index contributed by atoms with van der Waals surface area (Å²) in [5.41, 5.74) is 1.48. The number of nitrogens with zero attached hydrogens (tertiary/aromatic N) is 2. The van der Waals surface area contributed by atoms with E-state index in [0.29, 0.717) is 31.3 Å². The van der Waals surface area contributed by atoms with E-state index in [2.05, 4.69) is 21.1 Å². The van der Waals surface area contributed by atoms with Gasteiger partial charge in [-0.1, -0.05) is 33.2 Å². The van der Waals surface area contributed by atoms with Crippen LogP contribution in [0.25, 0.3) is 0 Å². The number of halogens is 1. The Hall–Kier alpha value is -1.66. The standard InChI is InChI=1S/C17H17BrN2O3/c18-13-5-3-12(4-6-13)16-10-20(7-8-22-16)17(21)14-9-15(23-19-14)11-1-2-11/h3-6,9,11,16H,1-2,7-8,10H2/t16-/m0/s1. The lowest BCUT2D eigenvalue weighted by molar-refractivity contribution is -0.0231. The Morgan fingerprint density at radius 3 is 2.78 bits per heavy atom. The van der Waals surface area contributed by atoms with Gasteiger partial charge in [0.05, 0.1) is 13.2 Å². The maximum atomic E-state index is 12.6. The van der Waals surface area contributed by atoms with Gasteiger partial charge in [-0.2, -0.15) is 0 Å². The molecule has 1 saturated heterocycles. The van der Waals surface area contributed by atoms with Crippen LogP contribution in [0.3, 0.4) is 0 Å². The molecule has 1 aromatic heterocycles. The third-order valence-electron chi connectivity index (χ3n) is 4.32. The zero-order valence-corrected chi connectivity index (χ0v) is 14.2. The molecule has 6 heteroatoms. The number of benzene rings is 1. The first-order valence-corrected chi connectivity index (χ1v) is 8.63. The quantitative estimate of drug-likeness (QED) is 0.821. The molecule has 120 valence electrons. The highest BCUT2D eigenvalue weighted by atomic mass is 79.9. The molecule has 2 fully saturated rings. The van der Waals surface area contributed by atoms with Crippen LogP contribution in [0.4, 0.5) is 0 Å². The third-order valence-corrected chi connectivity index (χ3v) is 4.85. The van der Waals surface area contributed by atoms with E-state index in [-0.39, 0.29) is 12.0 Å². The summed E-state index contributed by atoms with van der Waals surface area (Å²) < 4.78 is 12.1. The van der Waals surface area contributed by atoms with Crippen LogP contribution in [0.1, 0.15) is 46.7 Å². The highest BCUT2D eigenvalue weighted by molar-refractivity contribution is 9.10. The molecule has 1 aliphatic heterocycles. The fraction of sp³-hybridized carbons (Fsp3) is 0.412. The van der Waals surface area contributed by atoms with Crippen LogP contribution >= 0.6 is 15.9 Å². The molecule has 23 heavy (non-hydrogen) atoms. The van der Waals surface area contributed by atoms with Gasteiger partial charge in [0.1, 0.15) is 11.9 Å². The summed E-state index contributed by atoms with van der Waals surface area (Å²) >= 11 is 3.43. The molecule has 0 unspecified atom stereocenters. The van der Waals surface area contributed by atoms with E-state index in [0.717, 1.165) is 28.6 Å². The summed E-state index contributed by atoms with van der Waals surface area (Å²) in [5, 5.41) is 3.95. The number of amides is 1. The molecule has 5 nitrogen and oxygen atoms in total. The minimum Gasteiger partial charge on any atom is -0.370 e. The number of carbonyl (C=O) groups excluding carboxylic acids is 1. The number of carbonyl (C=O) groups is 1. The summed E-state index contributed by atoms with van der Waals surface area (Å²) in [5.74, 6) is 1.22. The van der Waals surface area contributed by atoms with E-state index < -0.39 is 0 Å². The first-order valence-electron chi connectivity index (χ1n) is 7.83. The highest BCUT2D eigenvalue weighted by Gasteiger charge is 2.31. The minimum absolute atomic E-state index is 0.0777. The Bertz CT molecular complexity index is 709. The Balaban J connectivity index is 1.47. The van der Waals surface area contributed by atoms with Crippen molar-refractivity contribution < 1.29 is 14.1 Å². The van der Waals surface area contributed by atoms with Gasteiger partial charge in [0.15, 0.2) is 5.69 Å². The summed E-state index contributed by atoms with van der Waals surface area (Å²) in [7, 11) is 0. The molecule has 1 saturated carbocycles. The van der Waals surface area contributed by atoms with Crippen molar-refractivity contribution >= 4 is 21.8 Å². The molecule has 0 N–H and O–H groups in total. The zero-order chi connectivity index (χ0) is 15.8. The van der Waals surface area contributed by atoms with Crippen LogP contribution in [-0.4, -0.2) is 35.7 Å². The van der Waals surface area contributed by atoms with E-state index in [1.807, 2.05) is 24.3 Å². The average molecular weight is 377 g/mol. The van der Waals surface area contributed by atoms with Crippen LogP contribution in [0.2, 0.25) is 0 Å². The van der Waals surface area contributed by atoms with Crippen molar-refractivity contribution in [2.24, 2.45) is 0 Å². The number of aromatic nitrogens is 1. The summed E-state index contributed by atoms with van der Waals surface area (Å²) in [6, 6.07) is 9.80. The second kappa shape index (κ2) is 6.09. The summed E-state index contributed by atoms with van der Waals surface area (Å²) in [6.45, 7) is 1.64. The average Bonchev–Trinajstić information content (AvgIpc) is 3.32. The predicted molar refractivity (Wildman–Crippen MR) is 87.2 cm³/mol. The molecular formula is C17H17BrN2O3. The molecule has 1 amide bonds. The first-order chi connectivity index (χ1) is 11.2. The lowest BCUT2D eigenvalue weighted by atomic mass is 10.1. The monoisotopic (exact) mass is 376 g/mol. The van der Waals surface area contributed by atoms with Gasteiger partial charge >= 0.3 is 0 Å². The Labute approximate surface area is 142 Å². The number of rotatable bonds is 3. The Morgan fingerprint density at radius 1 is 1.26 bits per heavy atom. The van der Waals surface area contributed by atoms with Gasteiger partial charge in [0.2, 0.25) is 0 Å². The molecule has 1 aliphatic carbocycles. The van der Waals surface area contributed by atoms with Gasteiger partial charge in [-0.15, -0.1) is 0 Å². The van der Waals surface area contributed by atoms with Crippen LogP contribution in [-0.2, 0) is 4.74 Å². The smallest absolute Gasteiger partial charge is 0.276 e. The van der Waals surface area contributed by atoms with Gasteiger partial charge in [0.25, 0.3) is 5.91 Å². The van der Waals surface area contributed by atoms with E-state index in [4.69, 9.17) is 9.26 Å². The van der Waals surface area contributed by atoms with Gasteiger partial charge in [-0.05, 0) is 30.5 Å². The molecule has 1 atom stereocenters. The van der Waals surface area contributed by atoms with Crippen molar-refractivity contribution in [1.29, 1.82) is 0 Å². The fourth-order valence-electron chi connectivity index (χ4n) is 2.83. The van der Waals surface area contributed by atoms with Crippen LogP contribution in [0.5, 0.6) is 0 Å². The second-order valence-electron chi connectivity index (χ2n) is 6.05. The molecular weight excluding hydrogens is 360 g/mol. The molecule has 2 heterocycles. The minimum atomic E-state index is -0.101. The van der Waals surface area contributed by atoms with Crippen molar-refractivity contribution in [1.82, 2.24) is 10.1 Å². The lowest BCUT2D eigenvalue weighted by Gasteiger charge is -2.32. The highest BCUT2D eigenvalue weighted by Crippen LogP contribution is 2.40. The Kier molecular flexibility index (Phi) is 3.95. The Morgan fingerprint density at radius 2 is 2.04 bits per heavy atom. The van der Waals surface area contributed by atoms with Crippen molar-refractivity contribution in [2.75, 3.05) is 19.7 Å². The van der Waals surface area contributed by atoms with Gasteiger partial charge in [0, 0.05) is 23.0 Å². The molecule has 2 aliphatic rings. The van der Waals surface area contributed by atoms with Crippen molar-refractivity contribution in [3.8, 4) is 0 Å². The maximum Gasteiger partial charge on any atom is 0.276 e. The van der Waals surface area contributed by atoms with Crippen LogP contribution in [0, 0.1) is 0 Å². The molecule has 0 bridgehead atoms. The van der Waals surface area contributed by atoms with Crippen LogP contribution < -0.4 is 0 Å².